The second-order valence-corrected chi connectivity index (χ2v) is 17.1. The van der Waals surface area contributed by atoms with E-state index in [1.54, 1.807) is 12.2 Å². The molecule has 0 aromatic heterocycles. The Balaban J connectivity index is 4.38. The lowest BCUT2D eigenvalue weighted by molar-refractivity contribution is -0.159. The van der Waals surface area contributed by atoms with Crippen molar-refractivity contribution in [3.63, 3.8) is 0 Å². The van der Waals surface area contributed by atoms with Crippen LogP contribution in [0.5, 0.6) is 0 Å². The van der Waals surface area contributed by atoms with Gasteiger partial charge in [0.05, 0.1) is 13.2 Å². The Hall–Kier alpha value is -2.04. The van der Waals surface area contributed by atoms with Crippen molar-refractivity contribution < 1.29 is 47.5 Å². The maximum atomic E-state index is 12.6. The van der Waals surface area contributed by atoms with E-state index < -0.39 is 57.7 Å². The van der Waals surface area contributed by atoms with Gasteiger partial charge in [0, 0.05) is 12.5 Å². The summed E-state index contributed by atoms with van der Waals surface area (Å²) in [6.45, 7) is 2.71. The van der Waals surface area contributed by atoms with Crippen molar-refractivity contribution in [3.05, 3.63) is 24.3 Å². The van der Waals surface area contributed by atoms with Gasteiger partial charge in [-0.2, -0.15) is 0 Å². The molecule has 11 nitrogen and oxygen atoms in total. The molecule has 0 aliphatic rings. The number of ether oxygens (including phenoxy) is 2. The van der Waals surface area contributed by atoms with Gasteiger partial charge >= 0.3 is 25.7 Å². The summed E-state index contributed by atoms with van der Waals surface area (Å²) in [5, 5.41) is 8.89. The number of hydrogen-bond acceptors (Lipinski definition) is 9. The Labute approximate surface area is 347 Å². The van der Waals surface area contributed by atoms with Crippen LogP contribution in [0.2, 0.25) is 0 Å². The molecule has 0 aromatic rings. The van der Waals surface area contributed by atoms with E-state index in [0.717, 1.165) is 32.1 Å². The fraction of sp³-hybridized carbons (Fsp3) is 0.844. The number of aliphatic carboxylic acids is 1. The monoisotopic (exact) mass is 830 g/mol. The molecule has 334 valence electrons. The number of phosphoric acid groups is 1. The van der Waals surface area contributed by atoms with Crippen molar-refractivity contribution in [2.45, 2.75) is 225 Å². The molecule has 1 unspecified atom stereocenters. The average Bonchev–Trinajstić information content (AvgIpc) is 3.19. The summed E-state index contributed by atoms with van der Waals surface area (Å²) in [5.74, 6) is -2.63. The van der Waals surface area contributed by atoms with Crippen LogP contribution in [0, 0.1) is 0 Å². The molecule has 0 aliphatic carbocycles. The van der Waals surface area contributed by atoms with E-state index in [4.69, 9.17) is 24.8 Å². The molecule has 4 N–H and O–H groups in total. The predicted octanol–water partition coefficient (Wildman–Crippen LogP) is 12.2. The fourth-order valence-electron chi connectivity index (χ4n) is 6.45. The van der Waals surface area contributed by atoms with E-state index in [-0.39, 0.29) is 6.42 Å². The van der Waals surface area contributed by atoms with Crippen molar-refractivity contribution in [2.75, 3.05) is 19.8 Å². The maximum absolute atomic E-state index is 12.6. The zero-order valence-electron chi connectivity index (χ0n) is 36.2. The lowest BCUT2D eigenvalue weighted by atomic mass is 10.0. The first-order valence-corrected chi connectivity index (χ1v) is 24.4. The summed E-state index contributed by atoms with van der Waals surface area (Å²) < 4.78 is 32.5. The maximum Gasteiger partial charge on any atom is 0.472 e. The lowest BCUT2D eigenvalue weighted by Gasteiger charge is -2.20. The molecule has 0 spiro atoms. The summed E-state index contributed by atoms with van der Waals surface area (Å²) in [6, 6.07) is -1.53. The number of rotatable bonds is 43. The standard InChI is InChI=1S/C45H84NO10P/c1-3-5-7-9-11-13-15-17-19-20-21-23-25-27-29-31-33-35-37-44(48)56-41(39-54-57(51,52)55-40-42(46)45(49)50)38-53-43(47)36-34-32-30-28-26-24-22-18-16-14-12-10-8-6-4-2/h30,32,34,36,41-42H,3-29,31,33,35,37-40,46H2,1-2H3,(H,49,50)(H,51,52)/b32-30+,36-34+/t41-,42+/m1/s1. The molecule has 0 rings (SSSR count). The largest absolute Gasteiger partial charge is 0.480 e. The molecule has 57 heavy (non-hydrogen) atoms. The van der Waals surface area contributed by atoms with Crippen LogP contribution in [0.4, 0.5) is 0 Å². The minimum atomic E-state index is -4.73. The number of carbonyl (C=O) groups is 3. The number of carboxylic acid groups (broad SMARTS) is 1. The molecule has 0 heterocycles. The molecular formula is C45H84NO10P. The number of unbranched alkanes of at least 4 members (excludes halogenated alkanes) is 28. The van der Waals surface area contributed by atoms with Crippen LogP contribution in [0.1, 0.15) is 213 Å². The summed E-state index contributed by atoms with van der Waals surface area (Å²) >= 11 is 0. The highest BCUT2D eigenvalue weighted by atomic mass is 31.2. The quantitative estimate of drug-likeness (QED) is 0.0176. The van der Waals surface area contributed by atoms with Gasteiger partial charge in [-0.3, -0.25) is 18.6 Å². The summed E-state index contributed by atoms with van der Waals surface area (Å²) in [4.78, 5) is 45.9. The van der Waals surface area contributed by atoms with Gasteiger partial charge in [-0.25, -0.2) is 9.36 Å². The minimum Gasteiger partial charge on any atom is -0.480 e. The number of carboxylic acids is 1. The van der Waals surface area contributed by atoms with Crippen molar-refractivity contribution in [1.29, 1.82) is 0 Å². The van der Waals surface area contributed by atoms with Gasteiger partial charge in [-0.1, -0.05) is 205 Å². The first kappa shape index (κ1) is 55.0. The second kappa shape index (κ2) is 40.7. The third-order valence-corrected chi connectivity index (χ3v) is 11.0. The number of allylic oxidation sites excluding steroid dienone is 3. The van der Waals surface area contributed by atoms with Crippen LogP contribution in [0.15, 0.2) is 24.3 Å². The number of carbonyl (C=O) groups excluding carboxylic acids is 2. The highest BCUT2D eigenvalue weighted by Gasteiger charge is 2.28. The molecule has 0 bridgehead atoms. The molecular weight excluding hydrogens is 745 g/mol. The normalized spacial score (nSPS) is 13.9. The Morgan fingerprint density at radius 2 is 0.982 bits per heavy atom. The first-order valence-electron chi connectivity index (χ1n) is 22.9. The molecule has 0 amide bonds. The van der Waals surface area contributed by atoms with Crippen LogP contribution in [-0.2, 0) is 37.5 Å². The summed E-state index contributed by atoms with van der Waals surface area (Å²) in [7, 11) is -4.73. The molecule has 0 saturated carbocycles. The van der Waals surface area contributed by atoms with Crippen LogP contribution in [0.3, 0.4) is 0 Å². The zero-order chi connectivity index (χ0) is 42.1. The Morgan fingerprint density at radius 1 is 0.579 bits per heavy atom. The molecule has 12 heteroatoms. The summed E-state index contributed by atoms with van der Waals surface area (Å²) in [6.07, 6.45) is 43.0. The molecule has 0 aromatic carbocycles. The van der Waals surface area contributed by atoms with Gasteiger partial charge in [0.25, 0.3) is 0 Å². The number of hydrogen-bond donors (Lipinski definition) is 3. The van der Waals surface area contributed by atoms with Crippen LogP contribution < -0.4 is 5.73 Å². The Kier molecular flexibility index (Phi) is 39.3. The highest BCUT2D eigenvalue weighted by molar-refractivity contribution is 7.47. The van der Waals surface area contributed by atoms with Crippen LogP contribution in [0.25, 0.3) is 0 Å². The van der Waals surface area contributed by atoms with E-state index >= 15 is 0 Å². The van der Waals surface area contributed by atoms with E-state index in [1.807, 2.05) is 6.08 Å². The zero-order valence-corrected chi connectivity index (χ0v) is 37.1. The van der Waals surface area contributed by atoms with E-state index in [2.05, 4.69) is 18.4 Å². The van der Waals surface area contributed by atoms with Crippen molar-refractivity contribution in [1.82, 2.24) is 0 Å². The van der Waals surface area contributed by atoms with Crippen LogP contribution in [-0.4, -0.2) is 59.9 Å². The Morgan fingerprint density at radius 3 is 1.42 bits per heavy atom. The van der Waals surface area contributed by atoms with Crippen molar-refractivity contribution >= 4 is 25.7 Å². The molecule has 0 radical (unpaired) electrons. The number of esters is 2. The van der Waals surface area contributed by atoms with Gasteiger partial charge in [0.2, 0.25) is 0 Å². The highest BCUT2D eigenvalue weighted by Crippen LogP contribution is 2.43. The SMILES string of the molecule is CCCCCCCCCCCCC/C=C/C=C/C(=O)OC[C@H](COP(=O)(O)OC[C@H](N)C(=O)O)OC(=O)CCCCCCCCCCCCCCCCCCCC. The minimum absolute atomic E-state index is 0.147. The predicted molar refractivity (Wildman–Crippen MR) is 231 cm³/mol. The third-order valence-electron chi connectivity index (χ3n) is 10.1. The first-order chi connectivity index (χ1) is 27.6. The van der Waals surface area contributed by atoms with Crippen molar-refractivity contribution in [2.24, 2.45) is 5.73 Å². The van der Waals surface area contributed by atoms with Crippen molar-refractivity contribution in [3.8, 4) is 0 Å². The van der Waals surface area contributed by atoms with Gasteiger partial charge in [0.15, 0.2) is 6.10 Å². The van der Waals surface area contributed by atoms with Gasteiger partial charge in [-0.15, -0.1) is 0 Å². The van der Waals surface area contributed by atoms with Gasteiger partial charge < -0.3 is 25.2 Å². The lowest BCUT2D eigenvalue weighted by Crippen LogP contribution is -2.34. The van der Waals surface area contributed by atoms with Gasteiger partial charge in [-0.05, 0) is 19.3 Å². The van der Waals surface area contributed by atoms with Gasteiger partial charge in [0.1, 0.15) is 12.6 Å². The fourth-order valence-corrected chi connectivity index (χ4v) is 7.23. The smallest absolute Gasteiger partial charge is 0.472 e. The van der Waals surface area contributed by atoms with E-state index in [0.29, 0.717) is 6.42 Å². The molecule has 0 aliphatic heterocycles. The second-order valence-electron chi connectivity index (χ2n) is 15.6. The topological polar surface area (TPSA) is 172 Å². The van der Waals surface area contributed by atoms with E-state index in [9.17, 15) is 23.8 Å². The summed E-state index contributed by atoms with van der Waals surface area (Å²) in [5.41, 5.74) is 5.33. The third kappa shape index (κ3) is 40.5. The van der Waals surface area contributed by atoms with Crippen LogP contribution >= 0.6 is 7.82 Å². The molecule has 0 saturated heterocycles. The Bertz CT molecular complexity index is 1070. The van der Waals surface area contributed by atoms with E-state index in [1.165, 1.54) is 160 Å². The molecule has 0 fully saturated rings. The number of nitrogens with two attached hydrogens (primary N) is 1. The average molecular weight is 830 g/mol. The molecule has 3 atom stereocenters. The number of phosphoric ester groups is 1.